The van der Waals surface area contributed by atoms with Crippen LogP contribution < -0.4 is 0 Å². The molecule has 0 bridgehead atoms. The molecule has 0 amide bonds. The van der Waals surface area contributed by atoms with Gasteiger partial charge in [-0.1, -0.05) is 86.1 Å². The zero-order valence-electron chi connectivity index (χ0n) is 20.3. The van der Waals surface area contributed by atoms with E-state index in [1.165, 1.54) is 22.3 Å². The molecular formula is C29H45. The Morgan fingerprint density at radius 3 is 2.24 bits per heavy atom. The van der Waals surface area contributed by atoms with Crippen molar-refractivity contribution < 1.29 is 0 Å². The number of hydrogen-bond donors (Lipinski definition) is 0. The highest BCUT2D eigenvalue weighted by atomic mass is 14.4. The highest BCUT2D eigenvalue weighted by molar-refractivity contribution is 5.36. The average molecular weight is 394 g/mol. The Kier molecular flexibility index (Phi) is 14.1. The molecule has 2 unspecified atom stereocenters. The third-order valence-corrected chi connectivity index (χ3v) is 5.12. The molecule has 0 aromatic carbocycles. The van der Waals surface area contributed by atoms with Gasteiger partial charge in [0.15, 0.2) is 0 Å². The van der Waals surface area contributed by atoms with Crippen molar-refractivity contribution in [1.82, 2.24) is 0 Å². The zero-order valence-corrected chi connectivity index (χ0v) is 20.3. The highest BCUT2D eigenvalue weighted by Crippen LogP contribution is 2.45. The fourth-order valence-corrected chi connectivity index (χ4v) is 3.55. The molecule has 0 heteroatoms. The summed E-state index contributed by atoms with van der Waals surface area (Å²) in [5.74, 6) is 0.401. The molecule has 0 nitrogen and oxygen atoms in total. The SMILES string of the molecule is C=CC=CC(CC=C(C)C)(/C(=[C]\CCC(=C)C)C=CCCC)C(C=C(C)C)CC. The van der Waals surface area contributed by atoms with Crippen LogP contribution in [0.25, 0.3) is 0 Å². The summed E-state index contributed by atoms with van der Waals surface area (Å²) in [4.78, 5) is 0. The Morgan fingerprint density at radius 1 is 1.07 bits per heavy atom. The fourth-order valence-electron chi connectivity index (χ4n) is 3.55. The van der Waals surface area contributed by atoms with Crippen LogP contribution in [-0.4, -0.2) is 0 Å². The maximum Gasteiger partial charge on any atom is 0.0235 e. The summed E-state index contributed by atoms with van der Waals surface area (Å²) in [5.41, 5.74) is 5.10. The van der Waals surface area contributed by atoms with Crippen molar-refractivity contribution in [3.05, 3.63) is 84.1 Å². The van der Waals surface area contributed by atoms with Gasteiger partial charge in [-0.15, -0.1) is 6.58 Å². The molecule has 0 spiro atoms. The molecular weight excluding hydrogens is 348 g/mol. The van der Waals surface area contributed by atoms with E-state index in [2.05, 4.69) is 104 Å². The standard InChI is InChI=1S/C29H45/c1-10-13-15-18-28(19-16-17-24(4)5)29(21-14-11-2,22-20-25(6)7)27(12-3)23-26(8)9/h11,14-15,18,20-21,23,27H,2,4,10,12-13,16-17,22H2,1,3,5-9H3. The lowest BCUT2D eigenvalue weighted by atomic mass is 9.65. The summed E-state index contributed by atoms with van der Waals surface area (Å²) in [6.07, 6.45) is 25.8. The third kappa shape index (κ3) is 10.5. The Morgan fingerprint density at radius 2 is 1.76 bits per heavy atom. The average Bonchev–Trinajstić information content (AvgIpc) is 2.65. The quantitative estimate of drug-likeness (QED) is 0.203. The van der Waals surface area contributed by atoms with E-state index in [0.29, 0.717) is 5.92 Å². The van der Waals surface area contributed by atoms with E-state index in [1.807, 2.05) is 6.08 Å². The van der Waals surface area contributed by atoms with Gasteiger partial charge in [-0.2, -0.15) is 0 Å². The molecule has 0 fully saturated rings. The monoisotopic (exact) mass is 393 g/mol. The van der Waals surface area contributed by atoms with Crippen LogP contribution in [0.2, 0.25) is 0 Å². The number of allylic oxidation sites excluding steroid dienone is 12. The zero-order chi connectivity index (χ0) is 22.3. The van der Waals surface area contributed by atoms with Crippen molar-refractivity contribution in [1.29, 1.82) is 0 Å². The summed E-state index contributed by atoms with van der Waals surface area (Å²) in [5, 5.41) is 0. The van der Waals surface area contributed by atoms with Crippen molar-refractivity contribution in [2.45, 2.75) is 87.0 Å². The van der Waals surface area contributed by atoms with Crippen LogP contribution in [0.1, 0.15) is 87.0 Å². The van der Waals surface area contributed by atoms with Crippen molar-refractivity contribution >= 4 is 0 Å². The highest BCUT2D eigenvalue weighted by Gasteiger charge is 2.36. The molecule has 0 aromatic heterocycles. The Balaban J connectivity index is 6.71. The van der Waals surface area contributed by atoms with Crippen LogP contribution in [-0.2, 0) is 0 Å². The van der Waals surface area contributed by atoms with Crippen LogP contribution in [0.5, 0.6) is 0 Å². The van der Waals surface area contributed by atoms with Crippen LogP contribution in [0.4, 0.5) is 0 Å². The van der Waals surface area contributed by atoms with Crippen molar-refractivity contribution in [2.75, 3.05) is 0 Å². The van der Waals surface area contributed by atoms with Gasteiger partial charge in [0.05, 0.1) is 0 Å². The molecule has 161 valence electrons. The molecule has 0 rings (SSSR count). The Bertz CT molecular complexity index is 640. The number of hydrogen-bond acceptors (Lipinski definition) is 0. The summed E-state index contributed by atoms with van der Waals surface area (Å²) in [7, 11) is 0. The normalized spacial score (nSPS) is 15.2. The van der Waals surface area contributed by atoms with Crippen LogP contribution in [0.15, 0.2) is 78.0 Å². The predicted octanol–water partition coefficient (Wildman–Crippen LogP) is 9.51. The van der Waals surface area contributed by atoms with Gasteiger partial charge in [0.2, 0.25) is 0 Å². The van der Waals surface area contributed by atoms with Gasteiger partial charge in [-0.3, -0.25) is 0 Å². The van der Waals surface area contributed by atoms with Gasteiger partial charge in [0, 0.05) is 5.41 Å². The summed E-state index contributed by atoms with van der Waals surface area (Å²) in [6, 6.07) is 0. The van der Waals surface area contributed by atoms with E-state index in [0.717, 1.165) is 38.5 Å². The predicted molar refractivity (Wildman–Crippen MR) is 134 cm³/mol. The maximum absolute atomic E-state index is 4.08. The van der Waals surface area contributed by atoms with Gasteiger partial charge in [-0.25, -0.2) is 0 Å². The molecule has 0 aliphatic rings. The molecule has 0 heterocycles. The smallest absolute Gasteiger partial charge is 0.0235 e. The number of rotatable bonds is 14. The van der Waals surface area contributed by atoms with Crippen molar-refractivity contribution in [3.63, 3.8) is 0 Å². The summed E-state index contributed by atoms with van der Waals surface area (Å²) < 4.78 is 0. The summed E-state index contributed by atoms with van der Waals surface area (Å²) in [6.45, 7) is 23.4. The van der Waals surface area contributed by atoms with E-state index in [9.17, 15) is 0 Å². The van der Waals surface area contributed by atoms with E-state index in [4.69, 9.17) is 0 Å². The lowest BCUT2D eigenvalue weighted by molar-refractivity contribution is 0.331. The largest absolute Gasteiger partial charge is 0.100 e. The fraction of sp³-hybridized carbons (Fsp3) is 0.517. The first-order chi connectivity index (χ1) is 13.7. The third-order valence-electron chi connectivity index (χ3n) is 5.12. The molecule has 0 aromatic rings. The summed E-state index contributed by atoms with van der Waals surface area (Å²) >= 11 is 0. The van der Waals surface area contributed by atoms with Gasteiger partial charge in [0.1, 0.15) is 0 Å². The molecule has 0 N–H and O–H groups in total. The second kappa shape index (κ2) is 15.1. The molecule has 0 aliphatic carbocycles. The molecule has 2 atom stereocenters. The molecule has 1 radical (unpaired) electrons. The van der Waals surface area contributed by atoms with Gasteiger partial charge < -0.3 is 0 Å². The lowest BCUT2D eigenvalue weighted by Crippen LogP contribution is -2.29. The van der Waals surface area contributed by atoms with Crippen molar-refractivity contribution in [3.8, 4) is 0 Å². The van der Waals surface area contributed by atoms with Crippen LogP contribution in [0, 0.1) is 17.4 Å². The topological polar surface area (TPSA) is 0 Å². The number of unbranched alkanes of at least 4 members (excludes halogenated alkanes) is 1. The maximum atomic E-state index is 4.08. The van der Waals surface area contributed by atoms with Gasteiger partial charge in [0.25, 0.3) is 0 Å². The first-order valence-electron chi connectivity index (χ1n) is 11.2. The van der Waals surface area contributed by atoms with E-state index in [-0.39, 0.29) is 5.41 Å². The molecule has 0 aliphatic heterocycles. The van der Waals surface area contributed by atoms with E-state index < -0.39 is 0 Å². The minimum Gasteiger partial charge on any atom is -0.100 e. The second-order valence-corrected chi connectivity index (χ2v) is 8.62. The van der Waals surface area contributed by atoms with E-state index in [1.54, 1.807) is 0 Å². The van der Waals surface area contributed by atoms with Gasteiger partial charge in [-0.05, 0) is 84.3 Å². The Hall–Kier alpha value is -1.82. The molecule has 29 heavy (non-hydrogen) atoms. The lowest BCUT2D eigenvalue weighted by Gasteiger charge is -2.38. The first kappa shape index (κ1) is 27.2. The molecule has 0 saturated carbocycles. The van der Waals surface area contributed by atoms with Crippen molar-refractivity contribution in [2.24, 2.45) is 11.3 Å². The second-order valence-electron chi connectivity index (χ2n) is 8.62. The van der Waals surface area contributed by atoms with Crippen LogP contribution >= 0.6 is 0 Å². The first-order valence-corrected chi connectivity index (χ1v) is 11.2. The Labute approximate surface area is 182 Å². The molecule has 0 saturated heterocycles. The minimum atomic E-state index is -0.128. The minimum absolute atomic E-state index is 0.128. The van der Waals surface area contributed by atoms with Crippen LogP contribution in [0.3, 0.4) is 0 Å². The van der Waals surface area contributed by atoms with E-state index >= 15 is 0 Å². The van der Waals surface area contributed by atoms with Gasteiger partial charge >= 0.3 is 0 Å².